The van der Waals surface area contributed by atoms with Gasteiger partial charge in [0, 0.05) is 65.4 Å². The molecular formula is C25H48N8O2. The molecule has 10 nitrogen and oxygen atoms in total. The first-order chi connectivity index (χ1) is 17.0. The van der Waals surface area contributed by atoms with E-state index in [0.29, 0.717) is 32.7 Å². The Morgan fingerprint density at radius 2 is 1.20 bits per heavy atom. The molecule has 0 radical (unpaired) electrons. The van der Waals surface area contributed by atoms with E-state index in [0.717, 1.165) is 63.5 Å². The standard InChI is InChI=1S/C25H48N8O2/c1-26-8-12-32(13-9-27-2)20-24(34)19-30-17-22-6-5-7-23(16-22)18-31-25(35)21-33(14-10-28-3)15-11-29-4/h5-7,16,26-30H,8-15,17-21H2,1-4H3,(H,31,35). The highest BCUT2D eigenvalue weighted by molar-refractivity contribution is 5.82. The summed E-state index contributed by atoms with van der Waals surface area (Å²) < 4.78 is 0. The maximum Gasteiger partial charge on any atom is 0.234 e. The minimum atomic E-state index is 0.0208. The van der Waals surface area contributed by atoms with E-state index in [1.54, 1.807) is 0 Å². The average Bonchev–Trinajstić information content (AvgIpc) is 2.86. The van der Waals surface area contributed by atoms with Gasteiger partial charge in [-0.2, -0.15) is 0 Å². The van der Waals surface area contributed by atoms with E-state index >= 15 is 0 Å². The maximum absolute atomic E-state index is 12.4. The van der Waals surface area contributed by atoms with Gasteiger partial charge in [0.15, 0.2) is 5.78 Å². The quantitative estimate of drug-likeness (QED) is 0.114. The van der Waals surface area contributed by atoms with Crippen molar-refractivity contribution < 1.29 is 9.59 Å². The SMILES string of the molecule is CNCCN(CCNC)CC(=O)CNCc1cccc(CNC(=O)CN(CCNC)CCNC)c1. The van der Waals surface area contributed by atoms with Crippen LogP contribution in [0.25, 0.3) is 0 Å². The third-order valence-corrected chi connectivity index (χ3v) is 5.61. The van der Waals surface area contributed by atoms with Crippen LogP contribution in [0.3, 0.4) is 0 Å². The Kier molecular flexibility index (Phi) is 18.0. The number of rotatable bonds is 22. The molecule has 0 aromatic heterocycles. The van der Waals surface area contributed by atoms with Gasteiger partial charge in [0.2, 0.25) is 5.91 Å². The zero-order chi connectivity index (χ0) is 25.7. The lowest BCUT2D eigenvalue weighted by molar-refractivity contribution is -0.122. The number of nitrogens with zero attached hydrogens (tertiary/aromatic N) is 2. The van der Waals surface area contributed by atoms with Crippen LogP contribution in [0.5, 0.6) is 0 Å². The molecule has 1 amide bonds. The van der Waals surface area contributed by atoms with E-state index in [1.807, 2.05) is 46.4 Å². The number of likely N-dealkylation sites (N-methyl/N-ethyl adjacent to an activating group) is 4. The lowest BCUT2D eigenvalue weighted by Gasteiger charge is -2.21. The van der Waals surface area contributed by atoms with Crippen molar-refractivity contribution >= 4 is 11.7 Å². The second kappa shape index (κ2) is 20.3. The highest BCUT2D eigenvalue weighted by Crippen LogP contribution is 2.05. The van der Waals surface area contributed by atoms with Gasteiger partial charge in [-0.15, -0.1) is 0 Å². The van der Waals surface area contributed by atoms with Crippen LogP contribution in [0.1, 0.15) is 11.1 Å². The summed E-state index contributed by atoms with van der Waals surface area (Å²) in [5.74, 6) is 0.203. The van der Waals surface area contributed by atoms with Crippen molar-refractivity contribution in [3.8, 4) is 0 Å². The molecule has 0 fully saturated rings. The van der Waals surface area contributed by atoms with E-state index in [2.05, 4.69) is 47.8 Å². The largest absolute Gasteiger partial charge is 0.351 e. The van der Waals surface area contributed by atoms with Gasteiger partial charge >= 0.3 is 0 Å². The third-order valence-electron chi connectivity index (χ3n) is 5.61. The second-order valence-electron chi connectivity index (χ2n) is 8.71. The second-order valence-corrected chi connectivity index (χ2v) is 8.71. The average molecular weight is 493 g/mol. The molecule has 0 unspecified atom stereocenters. The van der Waals surface area contributed by atoms with Crippen molar-refractivity contribution in [2.24, 2.45) is 0 Å². The summed E-state index contributed by atoms with van der Waals surface area (Å²) in [6, 6.07) is 8.11. The number of ketones is 1. The fraction of sp³-hybridized carbons (Fsp3) is 0.680. The van der Waals surface area contributed by atoms with Crippen molar-refractivity contribution in [2.75, 3.05) is 100 Å². The Hall–Kier alpha value is -1.92. The summed E-state index contributed by atoms with van der Waals surface area (Å²) in [6.07, 6.45) is 0. The molecule has 10 heteroatoms. The van der Waals surface area contributed by atoms with Crippen LogP contribution in [0.2, 0.25) is 0 Å². The molecule has 200 valence electrons. The minimum Gasteiger partial charge on any atom is -0.351 e. The minimum absolute atomic E-state index is 0.0208. The highest BCUT2D eigenvalue weighted by Gasteiger charge is 2.11. The molecule has 0 bridgehead atoms. The van der Waals surface area contributed by atoms with Gasteiger partial charge in [0.1, 0.15) is 0 Å². The summed E-state index contributed by atoms with van der Waals surface area (Å²) >= 11 is 0. The molecule has 1 aromatic rings. The van der Waals surface area contributed by atoms with E-state index < -0.39 is 0 Å². The predicted molar refractivity (Wildman–Crippen MR) is 144 cm³/mol. The summed E-state index contributed by atoms with van der Waals surface area (Å²) in [6.45, 7) is 9.03. The molecule has 0 heterocycles. The lowest BCUT2D eigenvalue weighted by Crippen LogP contribution is -2.42. The van der Waals surface area contributed by atoms with Crippen molar-refractivity contribution in [3.63, 3.8) is 0 Å². The molecule has 0 saturated heterocycles. The number of carbonyl (C=O) groups excluding carboxylic acids is 2. The van der Waals surface area contributed by atoms with Crippen LogP contribution >= 0.6 is 0 Å². The fourth-order valence-corrected chi connectivity index (χ4v) is 3.58. The number of hydrogen-bond acceptors (Lipinski definition) is 9. The Labute approximate surface area is 212 Å². The Morgan fingerprint density at radius 3 is 1.71 bits per heavy atom. The first-order valence-corrected chi connectivity index (χ1v) is 12.6. The van der Waals surface area contributed by atoms with Crippen LogP contribution in [0, 0.1) is 0 Å². The number of carbonyl (C=O) groups is 2. The Morgan fingerprint density at radius 1 is 0.714 bits per heavy atom. The number of hydrogen-bond donors (Lipinski definition) is 6. The van der Waals surface area contributed by atoms with Crippen LogP contribution in [0.15, 0.2) is 24.3 Å². The molecule has 0 aliphatic rings. The van der Waals surface area contributed by atoms with E-state index in [1.165, 1.54) is 0 Å². The fourth-order valence-electron chi connectivity index (χ4n) is 3.58. The van der Waals surface area contributed by atoms with Gasteiger partial charge < -0.3 is 31.9 Å². The normalized spacial score (nSPS) is 11.4. The van der Waals surface area contributed by atoms with Crippen molar-refractivity contribution in [1.82, 2.24) is 41.7 Å². The van der Waals surface area contributed by atoms with Crippen molar-refractivity contribution in [1.29, 1.82) is 0 Å². The number of Topliss-reactive ketones (excluding diaryl/α,β-unsaturated/α-hetero) is 1. The lowest BCUT2D eigenvalue weighted by atomic mass is 10.1. The molecule has 0 spiro atoms. The van der Waals surface area contributed by atoms with E-state index in [-0.39, 0.29) is 11.7 Å². The molecule has 6 N–H and O–H groups in total. The smallest absolute Gasteiger partial charge is 0.234 e. The monoisotopic (exact) mass is 492 g/mol. The van der Waals surface area contributed by atoms with Gasteiger partial charge in [0.05, 0.1) is 19.6 Å². The first kappa shape index (κ1) is 31.1. The topological polar surface area (TPSA) is 113 Å². The maximum atomic E-state index is 12.4. The van der Waals surface area contributed by atoms with Crippen LogP contribution < -0.4 is 31.9 Å². The predicted octanol–water partition coefficient (Wildman–Crippen LogP) is -1.56. The molecular weight excluding hydrogens is 444 g/mol. The van der Waals surface area contributed by atoms with Crippen LogP contribution in [-0.4, -0.2) is 122 Å². The van der Waals surface area contributed by atoms with E-state index in [9.17, 15) is 9.59 Å². The molecule has 0 aliphatic heterocycles. The molecule has 35 heavy (non-hydrogen) atoms. The van der Waals surface area contributed by atoms with Gasteiger partial charge in [-0.1, -0.05) is 24.3 Å². The summed E-state index contributed by atoms with van der Waals surface area (Å²) in [5, 5.41) is 18.8. The number of amides is 1. The zero-order valence-electron chi connectivity index (χ0n) is 22.2. The molecule has 0 atom stereocenters. The summed E-state index contributed by atoms with van der Waals surface area (Å²) in [5.41, 5.74) is 2.14. The summed E-state index contributed by atoms with van der Waals surface area (Å²) in [7, 11) is 7.67. The Balaban J connectivity index is 2.43. The van der Waals surface area contributed by atoms with E-state index in [4.69, 9.17) is 0 Å². The first-order valence-electron chi connectivity index (χ1n) is 12.6. The number of nitrogens with one attached hydrogen (secondary N) is 6. The zero-order valence-corrected chi connectivity index (χ0v) is 22.2. The van der Waals surface area contributed by atoms with Crippen LogP contribution in [0.4, 0.5) is 0 Å². The molecule has 0 aliphatic carbocycles. The Bertz CT molecular complexity index is 688. The van der Waals surface area contributed by atoms with Gasteiger partial charge in [-0.25, -0.2) is 0 Å². The van der Waals surface area contributed by atoms with Gasteiger partial charge in [-0.3, -0.25) is 19.4 Å². The summed E-state index contributed by atoms with van der Waals surface area (Å²) in [4.78, 5) is 29.2. The van der Waals surface area contributed by atoms with Crippen LogP contribution in [-0.2, 0) is 22.7 Å². The number of benzene rings is 1. The molecule has 1 aromatic carbocycles. The van der Waals surface area contributed by atoms with Crippen molar-refractivity contribution in [2.45, 2.75) is 13.1 Å². The molecule has 0 saturated carbocycles. The highest BCUT2D eigenvalue weighted by atomic mass is 16.2. The molecule has 1 rings (SSSR count). The third kappa shape index (κ3) is 15.6. The van der Waals surface area contributed by atoms with Gasteiger partial charge in [0.25, 0.3) is 0 Å². The van der Waals surface area contributed by atoms with Crippen molar-refractivity contribution in [3.05, 3.63) is 35.4 Å². The van der Waals surface area contributed by atoms with Gasteiger partial charge in [-0.05, 0) is 39.3 Å².